The fourth-order valence-electron chi connectivity index (χ4n) is 2.81. The largest absolute Gasteiger partial charge is 0.490 e. The Bertz CT molecular complexity index is 654. The van der Waals surface area contributed by atoms with Gasteiger partial charge in [0.15, 0.2) is 0 Å². The number of nitrogens with one attached hydrogen (secondary N) is 1. The van der Waals surface area contributed by atoms with E-state index in [9.17, 15) is 14.0 Å². The molecule has 8 heteroatoms. The highest BCUT2D eigenvalue weighted by atomic mass is 19.1. The maximum Gasteiger partial charge on any atom is 0.328 e. The Morgan fingerprint density at radius 3 is 2.62 bits per heavy atom. The highest BCUT2D eigenvalue weighted by Gasteiger charge is 2.19. The molecule has 0 spiro atoms. The molecule has 1 aliphatic carbocycles. The molecule has 0 saturated carbocycles. The molecular formula is C18H22FNO6. The average molecular weight is 367 g/mol. The number of carboxylic acid groups (broad SMARTS) is 2. The van der Waals surface area contributed by atoms with Crippen molar-refractivity contribution in [2.24, 2.45) is 0 Å². The number of ether oxygens (including phenoxy) is 2. The third-order valence-electron chi connectivity index (χ3n) is 3.94. The molecule has 1 saturated heterocycles. The van der Waals surface area contributed by atoms with E-state index in [-0.39, 0.29) is 11.9 Å². The number of aliphatic carboxylic acids is 2. The molecule has 1 unspecified atom stereocenters. The Morgan fingerprint density at radius 2 is 2.00 bits per heavy atom. The molecule has 0 amide bonds. The zero-order chi connectivity index (χ0) is 18.9. The smallest absolute Gasteiger partial charge is 0.328 e. The lowest BCUT2D eigenvalue weighted by molar-refractivity contribution is -0.134. The highest BCUT2D eigenvalue weighted by molar-refractivity contribution is 5.89. The van der Waals surface area contributed by atoms with Crippen LogP contribution in [-0.2, 0) is 27.2 Å². The van der Waals surface area contributed by atoms with E-state index in [4.69, 9.17) is 19.7 Å². The maximum absolute atomic E-state index is 13.5. The standard InChI is InChI=1S/C14H18FNO2.C4H4O4/c15-11-6-10-2-1-3-13(10)14(7-11)18-9-12-8-16-4-5-17-12;5-3(6)1-2-4(7)8/h6-7,12,16H,1-5,8-9H2;1-2H,(H,5,6)(H,7,8). The van der Waals surface area contributed by atoms with Crippen LogP contribution in [0.25, 0.3) is 0 Å². The Kier molecular flexibility index (Phi) is 7.55. The van der Waals surface area contributed by atoms with E-state index in [1.54, 1.807) is 6.07 Å². The first kappa shape index (κ1) is 19.9. The number of rotatable bonds is 5. The second-order valence-electron chi connectivity index (χ2n) is 5.91. The quantitative estimate of drug-likeness (QED) is 0.676. The molecule has 7 nitrogen and oxygen atoms in total. The summed E-state index contributed by atoms with van der Waals surface area (Å²) < 4.78 is 24.8. The van der Waals surface area contributed by atoms with Gasteiger partial charge in [-0.3, -0.25) is 0 Å². The van der Waals surface area contributed by atoms with Crippen LogP contribution in [0.5, 0.6) is 5.75 Å². The number of hydrogen-bond donors (Lipinski definition) is 3. The van der Waals surface area contributed by atoms with Crippen molar-refractivity contribution in [3.63, 3.8) is 0 Å². The van der Waals surface area contributed by atoms with Crippen LogP contribution in [-0.4, -0.2) is 54.6 Å². The van der Waals surface area contributed by atoms with E-state index < -0.39 is 11.9 Å². The van der Waals surface area contributed by atoms with Crippen molar-refractivity contribution in [3.05, 3.63) is 41.2 Å². The second-order valence-corrected chi connectivity index (χ2v) is 5.91. The van der Waals surface area contributed by atoms with Gasteiger partial charge in [0, 0.05) is 31.3 Å². The van der Waals surface area contributed by atoms with Crippen LogP contribution in [0.15, 0.2) is 24.3 Å². The zero-order valence-electron chi connectivity index (χ0n) is 14.2. The summed E-state index contributed by atoms with van der Waals surface area (Å²) in [4.78, 5) is 19.1. The summed E-state index contributed by atoms with van der Waals surface area (Å²) in [5.41, 5.74) is 2.29. The highest BCUT2D eigenvalue weighted by Crippen LogP contribution is 2.31. The second kappa shape index (κ2) is 9.88. The Hall–Kier alpha value is -2.45. The minimum Gasteiger partial charge on any atom is -0.490 e. The topological polar surface area (TPSA) is 105 Å². The van der Waals surface area contributed by atoms with Gasteiger partial charge in [-0.25, -0.2) is 14.0 Å². The number of aryl methyl sites for hydroxylation is 1. The van der Waals surface area contributed by atoms with Crippen molar-refractivity contribution in [2.45, 2.75) is 25.4 Å². The monoisotopic (exact) mass is 367 g/mol. The van der Waals surface area contributed by atoms with Crippen molar-refractivity contribution >= 4 is 11.9 Å². The number of fused-ring (bicyclic) bond motifs is 1. The van der Waals surface area contributed by atoms with Crippen LogP contribution in [0.3, 0.4) is 0 Å². The molecule has 1 heterocycles. The first-order valence-corrected chi connectivity index (χ1v) is 8.36. The predicted molar refractivity (Wildman–Crippen MR) is 90.9 cm³/mol. The van der Waals surface area contributed by atoms with E-state index in [1.807, 2.05) is 0 Å². The molecule has 142 valence electrons. The molecule has 3 rings (SSSR count). The van der Waals surface area contributed by atoms with Gasteiger partial charge in [-0.1, -0.05) is 0 Å². The number of halogens is 1. The van der Waals surface area contributed by atoms with Gasteiger partial charge in [0.25, 0.3) is 0 Å². The SMILES string of the molecule is Fc1cc2c(c(OCC3CNCCO3)c1)CCC2.O=C(O)C=CC(=O)O. The number of morpholine rings is 1. The van der Waals surface area contributed by atoms with Gasteiger partial charge in [0.1, 0.15) is 24.3 Å². The maximum atomic E-state index is 13.5. The molecule has 0 bridgehead atoms. The molecule has 1 aromatic carbocycles. The van der Waals surface area contributed by atoms with E-state index in [2.05, 4.69) is 5.32 Å². The molecule has 2 aliphatic rings. The van der Waals surface area contributed by atoms with E-state index in [1.165, 1.54) is 11.6 Å². The summed E-state index contributed by atoms with van der Waals surface area (Å²) in [6.45, 7) is 2.90. The van der Waals surface area contributed by atoms with Gasteiger partial charge in [-0.2, -0.15) is 0 Å². The molecule has 1 atom stereocenters. The minimum absolute atomic E-state index is 0.0686. The molecular weight excluding hydrogens is 345 g/mol. The van der Waals surface area contributed by atoms with Crippen LogP contribution in [0, 0.1) is 5.82 Å². The molecule has 3 N–H and O–H groups in total. The fourth-order valence-corrected chi connectivity index (χ4v) is 2.81. The lowest BCUT2D eigenvalue weighted by Gasteiger charge is -2.24. The van der Waals surface area contributed by atoms with Crippen molar-refractivity contribution in [1.29, 1.82) is 0 Å². The number of carboxylic acids is 2. The molecule has 1 aromatic rings. The summed E-state index contributed by atoms with van der Waals surface area (Å²) in [7, 11) is 0. The van der Waals surface area contributed by atoms with Crippen LogP contribution < -0.4 is 10.1 Å². The van der Waals surface area contributed by atoms with Crippen LogP contribution >= 0.6 is 0 Å². The van der Waals surface area contributed by atoms with Crippen molar-refractivity contribution in [1.82, 2.24) is 5.32 Å². The van der Waals surface area contributed by atoms with E-state index >= 15 is 0 Å². The summed E-state index contributed by atoms with van der Waals surface area (Å²) >= 11 is 0. The third-order valence-corrected chi connectivity index (χ3v) is 3.94. The Labute approximate surface area is 150 Å². The summed E-state index contributed by atoms with van der Waals surface area (Å²) in [5, 5.41) is 18.9. The Balaban J connectivity index is 0.000000260. The van der Waals surface area contributed by atoms with Crippen molar-refractivity contribution < 1.29 is 33.7 Å². The van der Waals surface area contributed by atoms with Crippen molar-refractivity contribution in [2.75, 3.05) is 26.3 Å². The van der Waals surface area contributed by atoms with Crippen LogP contribution in [0.1, 0.15) is 17.5 Å². The van der Waals surface area contributed by atoms with Gasteiger partial charge in [0.05, 0.1) is 6.61 Å². The lowest BCUT2D eigenvalue weighted by atomic mass is 10.1. The molecule has 0 aromatic heterocycles. The predicted octanol–water partition coefficient (Wildman–Crippen LogP) is 1.39. The summed E-state index contributed by atoms with van der Waals surface area (Å²) in [6.07, 6.45) is 4.24. The van der Waals surface area contributed by atoms with Gasteiger partial charge in [0.2, 0.25) is 0 Å². The minimum atomic E-state index is -1.26. The van der Waals surface area contributed by atoms with Crippen LogP contribution in [0.2, 0.25) is 0 Å². The van der Waals surface area contributed by atoms with E-state index in [0.717, 1.165) is 44.5 Å². The first-order valence-electron chi connectivity index (χ1n) is 8.36. The van der Waals surface area contributed by atoms with E-state index in [0.29, 0.717) is 24.5 Å². The number of hydrogen-bond acceptors (Lipinski definition) is 5. The van der Waals surface area contributed by atoms with Crippen LogP contribution in [0.4, 0.5) is 4.39 Å². The molecule has 0 radical (unpaired) electrons. The fraction of sp³-hybridized carbons (Fsp3) is 0.444. The van der Waals surface area contributed by atoms with Gasteiger partial charge >= 0.3 is 11.9 Å². The molecule has 1 fully saturated rings. The molecule has 1 aliphatic heterocycles. The zero-order valence-corrected chi connectivity index (χ0v) is 14.2. The number of benzene rings is 1. The average Bonchev–Trinajstić information content (AvgIpc) is 3.07. The van der Waals surface area contributed by atoms with Crippen molar-refractivity contribution in [3.8, 4) is 5.75 Å². The first-order chi connectivity index (χ1) is 12.5. The Morgan fingerprint density at radius 1 is 1.27 bits per heavy atom. The molecule has 26 heavy (non-hydrogen) atoms. The van der Waals surface area contributed by atoms with Gasteiger partial charge < -0.3 is 25.0 Å². The van der Waals surface area contributed by atoms with Gasteiger partial charge in [-0.15, -0.1) is 0 Å². The summed E-state index contributed by atoms with van der Waals surface area (Å²) in [6, 6.07) is 3.13. The number of carbonyl (C=O) groups is 2. The van der Waals surface area contributed by atoms with Gasteiger partial charge in [-0.05, 0) is 36.5 Å². The summed E-state index contributed by atoms with van der Waals surface area (Å²) in [5.74, 6) is -2.01. The lowest BCUT2D eigenvalue weighted by Crippen LogP contribution is -2.41. The third kappa shape index (κ3) is 6.45. The normalized spacial score (nSPS) is 18.7.